The summed E-state index contributed by atoms with van der Waals surface area (Å²) < 4.78 is 0.667. The second-order valence-corrected chi connectivity index (χ2v) is 5.53. The van der Waals surface area contributed by atoms with Crippen molar-refractivity contribution in [1.82, 2.24) is 15.0 Å². The first kappa shape index (κ1) is 13.9. The summed E-state index contributed by atoms with van der Waals surface area (Å²) in [6, 6.07) is 8.26. The van der Waals surface area contributed by atoms with Gasteiger partial charge in [0.25, 0.3) is 0 Å². The van der Waals surface area contributed by atoms with Crippen LogP contribution >= 0.6 is 12.2 Å². The van der Waals surface area contributed by atoms with Gasteiger partial charge in [0.2, 0.25) is 0 Å². The number of aryl methyl sites for hydroxylation is 1. The van der Waals surface area contributed by atoms with E-state index >= 15 is 0 Å². The van der Waals surface area contributed by atoms with E-state index in [4.69, 9.17) is 12.2 Å². The van der Waals surface area contributed by atoms with E-state index < -0.39 is 0 Å². The standard InChI is InChI=1S/C17H17N3S/c1-3-6-15-19-16(11(2)17(21)20-15)14-10-18-9-12-7-4-5-8-13(12)14/h4-5,7-10H,3,6H2,1-2H3,(H,19,20,21). The first-order valence-corrected chi connectivity index (χ1v) is 7.54. The molecule has 4 heteroatoms. The van der Waals surface area contributed by atoms with Crippen LogP contribution < -0.4 is 0 Å². The molecule has 1 aromatic carbocycles. The van der Waals surface area contributed by atoms with Crippen molar-refractivity contribution in [3.05, 3.63) is 52.7 Å². The second kappa shape index (κ2) is 5.74. The summed E-state index contributed by atoms with van der Waals surface area (Å²) in [4.78, 5) is 12.3. The number of hydrogen-bond acceptors (Lipinski definition) is 3. The van der Waals surface area contributed by atoms with Crippen molar-refractivity contribution in [2.45, 2.75) is 26.7 Å². The molecule has 0 bridgehead atoms. The van der Waals surface area contributed by atoms with E-state index in [2.05, 4.69) is 34.0 Å². The Morgan fingerprint density at radius 3 is 2.81 bits per heavy atom. The predicted molar refractivity (Wildman–Crippen MR) is 88.9 cm³/mol. The molecule has 2 heterocycles. The monoisotopic (exact) mass is 295 g/mol. The van der Waals surface area contributed by atoms with Gasteiger partial charge in [-0.25, -0.2) is 4.98 Å². The van der Waals surface area contributed by atoms with Crippen LogP contribution in [-0.4, -0.2) is 15.0 Å². The lowest BCUT2D eigenvalue weighted by molar-refractivity contribution is 0.829. The van der Waals surface area contributed by atoms with Crippen molar-refractivity contribution >= 4 is 23.0 Å². The molecule has 0 saturated carbocycles. The average Bonchev–Trinajstić information content (AvgIpc) is 2.50. The van der Waals surface area contributed by atoms with Crippen molar-refractivity contribution in [1.29, 1.82) is 0 Å². The summed E-state index contributed by atoms with van der Waals surface area (Å²) in [5.74, 6) is 0.941. The Bertz CT molecular complexity index is 847. The lowest BCUT2D eigenvalue weighted by atomic mass is 10.0. The minimum Gasteiger partial charge on any atom is -0.343 e. The van der Waals surface area contributed by atoms with E-state index in [-0.39, 0.29) is 0 Å². The summed E-state index contributed by atoms with van der Waals surface area (Å²) in [5, 5.41) is 2.30. The van der Waals surface area contributed by atoms with Crippen molar-refractivity contribution < 1.29 is 0 Å². The highest BCUT2D eigenvalue weighted by Gasteiger charge is 2.10. The molecule has 106 valence electrons. The number of aromatic amines is 1. The van der Waals surface area contributed by atoms with Crippen LogP contribution in [0, 0.1) is 11.6 Å². The molecule has 0 aliphatic heterocycles. The van der Waals surface area contributed by atoms with Crippen LogP contribution in [0.2, 0.25) is 0 Å². The van der Waals surface area contributed by atoms with Crippen LogP contribution in [0.25, 0.3) is 22.0 Å². The molecule has 3 aromatic rings. The lowest BCUT2D eigenvalue weighted by Crippen LogP contribution is -2.01. The summed E-state index contributed by atoms with van der Waals surface area (Å²) >= 11 is 5.41. The summed E-state index contributed by atoms with van der Waals surface area (Å²) in [5.41, 5.74) is 3.11. The normalized spacial score (nSPS) is 11.0. The molecule has 0 amide bonds. The van der Waals surface area contributed by atoms with Gasteiger partial charge in [0, 0.05) is 35.3 Å². The Balaban J connectivity index is 2.30. The highest BCUT2D eigenvalue weighted by atomic mass is 32.1. The maximum atomic E-state index is 5.41. The molecule has 0 atom stereocenters. The van der Waals surface area contributed by atoms with E-state index in [0.717, 1.165) is 40.9 Å². The molecule has 0 aliphatic carbocycles. The number of nitrogens with one attached hydrogen (secondary N) is 1. The van der Waals surface area contributed by atoms with Crippen LogP contribution in [0.15, 0.2) is 36.7 Å². The Morgan fingerprint density at radius 2 is 2.00 bits per heavy atom. The molecule has 0 aliphatic rings. The molecular weight excluding hydrogens is 278 g/mol. The third-order valence-electron chi connectivity index (χ3n) is 3.63. The van der Waals surface area contributed by atoms with Gasteiger partial charge in [-0.05, 0) is 18.7 Å². The molecule has 0 spiro atoms. The van der Waals surface area contributed by atoms with Gasteiger partial charge >= 0.3 is 0 Å². The number of aromatic nitrogens is 3. The van der Waals surface area contributed by atoms with Crippen LogP contribution in [-0.2, 0) is 6.42 Å². The van der Waals surface area contributed by atoms with E-state index in [9.17, 15) is 0 Å². The average molecular weight is 295 g/mol. The van der Waals surface area contributed by atoms with Gasteiger partial charge in [0.15, 0.2) is 0 Å². The quantitative estimate of drug-likeness (QED) is 0.717. The van der Waals surface area contributed by atoms with Crippen LogP contribution in [0.1, 0.15) is 24.7 Å². The Morgan fingerprint density at radius 1 is 1.19 bits per heavy atom. The number of rotatable bonds is 3. The minimum absolute atomic E-state index is 0.667. The van der Waals surface area contributed by atoms with Gasteiger partial charge in [-0.15, -0.1) is 0 Å². The first-order valence-electron chi connectivity index (χ1n) is 7.13. The molecule has 0 fully saturated rings. The van der Waals surface area contributed by atoms with Crippen LogP contribution in [0.4, 0.5) is 0 Å². The van der Waals surface area contributed by atoms with Crippen molar-refractivity contribution in [3.8, 4) is 11.3 Å². The van der Waals surface area contributed by atoms with Crippen molar-refractivity contribution in [3.63, 3.8) is 0 Å². The Hall–Kier alpha value is -2.07. The largest absolute Gasteiger partial charge is 0.343 e. The fourth-order valence-corrected chi connectivity index (χ4v) is 2.73. The highest BCUT2D eigenvalue weighted by Crippen LogP contribution is 2.28. The third kappa shape index (κ3) is 2.59. The lowest BCUT2D eigenvalue weighted by Gasteiger charge is -2.11. The van der Waals surface area contributed by atoms with Crippen molar-refractivity contribution in [2.75, 3.05) is 0 Å². The molecule has 0 saturated heterocycles. The smallest absolute Gasteiger partial charge is 0.133 e. The number of fused-ring (bicyclic) bond motifs is 1. The molecule has 0 unspecified atom stereocenters. The van der Waals surface area contributed by atoms with E-state index in [1.807, 2.05) is 31.5 Å². The van der Waals surface area contributed by atoms with E-state index in [0.29, 0.717) is 4.64 Å². The van der Waals surface area contributed by atoms with Gasteiger partial charge in [-0.1, -0.05) is 43.4 Å². The van der Waals surface area contributed by atoms with Crippen molar-refractivity contribution in [2.24, 2.45) is 0 Å². The summed E-state index contributed by atoms with van der Waals surface area (Å²) in [7, 11) is 0. The predicted octanol–water partition coefficient (Wildman–Crippen LogP) is 4.62. The Kier molecular flexibility index (Phi) is 3.80. The molecule has 1 N–H and O–H groups in total. The number of hydrogen-bond donors (Lipinski definition) is 1. The summed E-state index contributed by atoms with van der Waals surface area (Å²) in [6.07, 6.45) is 5.71. The van der Waals surface area contributed by atoms with Gasteiger partial charge in [0.1, 0.15) is 10.5 Å². The third-order valence-corrected chi connectivity index (χ3v) is 4.02. The van der Waals surface area contributed by atoms with E-state index in [1.54, 1.807) is 0 Å². The fraction of sp³-hybridized carbons (Fsp3) is 0.235. The van der Waals surface area contributed by atoms with Crippen LogP contribution in [0.5, 0.6) is 0 Å². The molecule has 21 heavy (non-hydrogen) atoms. The topological polar surface area (TPSA) is 41.6 Å². The number of benzene rings is 1. The highest BCUT2D eigenvalue weighted by molar-refractivity contribution is 7.71. The number of H-pyrrole nitrogens is 1. The zero-order valence-corrected chi connectivity index (χ0v) is 13.0. The van der Waals surface area contributed by atoms with Gasteiger partial charge in [-0.2, -0.15) is 0 Å². The number of pyridine rings is 1. The zero-order valence-electron chi connectivity index (χ0n) is 12.2. The SMILES string of the molecule is CCCc1nc(=S)c(C)c(-c2cncc3ccccc23)[nH]1. The molecule has 3 nitrogen and oxygen atoms in total. The molecule has 0 radical (unpaired) electrons. The molecule has 2 aromatic heterocycles. The minimum atomic E-state index is 0.667. The van der Waals surface area contributed by atoms with Crippen LogP contribution in [0.3, 0.4) is 0 Å². The maximum absolute atomic E-state index is 5.41. The van der Waals surface area contributed by atoms with Gasteiger partial charge in [0.05, 0.1) is 5.69 Å². The first-order chi connectivity index (χ1) is 10.2. The Labute approximate surface area is 129 Å². The van der Waals surface area contributed by atoms with Gasteiger partial charge in [-0.3, -0.25) is 4.98 Å². The van der Waals surface area contributed by atoms with Gasteiger partial charge < -0.3 is 4.98 Å². The van der Waals surface area contributed by atoms with E-state index in [1.165, 1.54) is 5.39 Å². The maximum Gasteiger partial charge on any atom is 0.133 e. The second-order valence-electron chi connectivity index (χ2n) is 5.15. The molecular formula is C17H17N3S. The zero-order chi connectivity index (χ0) is 14.8. The molecule has 3 rings (SSSR count). The fourth-order valence-electron chi connectivity index (χ4n) is 2.52. The summed E-state index contributed by atoms with van der Waals surface area (Å²) in [6.45, 7) is 4.15. The number of nitrogens with zero attached hydrogens (tertiary/aromatic N) is 2.